The standard InChI is InChI=1S/C11H12N2O2S/c1-7(14)5-13-9-4-8(12)2-3-10(9)16-6-11(13)15/h2-4H,5-6,12H2,1H3. The molecule has 0 saturated carbocycles. The number of nitrogens with two attached hydrogens (primary N) is 1. The van der Waals surface area contributed by atoms with E-state index in [1.54, 1.807) is 12.1 Å². The van der Waals surface area contributed by atoms with Crippen LogP contribution < -0.4 is 10.6 Å². The number of anilines is 2. The van der Waals surface area contributed by atoms with Crippen LogP contribution in [-0.4, -0.2) is 24.0 Å². The highest BCUT2D eigenvalue weighted by molar-refractivity contribution is 8.00. The Kier molecular flexibility index (Phi) is 2.87. The molecule has 1 heterocycles. The molecule has 0 atom stereocenters. The van der Waals surface area contributed by atoms with Crippen LogP contribution in [-0.2, 0) is 9.59 Å². The number of Topliss-reactive ketones (excluding diaryl/α,β-unsaturated/α-hetero) is 1. The Bertz CT molecular complexity index is 459. The van der Waals surface area contributed by atoms with Crippen molar-refractivity contribution in [2.24, 2.45) is 0 Å². The third-order valence-electron chi connectivity index (χ3n) is 2.31. The van der Waals surface area contributed by atoms with Gasteiger partial charge in [0.05, 0.1) is 18.0 Å². The number of hydrogen-bond acceptors (Lipinski definition) is 4. The van der Waals surface area contributed by atoms with E-state index in [4.69, 9.17) is 5.73 Å². The molecule has 0 saturated heterocycles. The molecule has 1 amide bonds. The van der Waals surface area contributed by atoms with Gasteiger partial charge >= 0.3 is 0 Å². The second kappa shape index (κ2) is 4.17. The molecular weight excluding hydrogens is 224 g/mol. The molecule has 0 aliphatic carbocycles. The predicted octanol–water partition coefficient (Wildman–Crippen LogP) is 1.30. The quantitative estimate of drug-likeness (QED) is 0.786. The highest BCUT2D eigenvalue weighted by Gasteiger charge is 2.25. The summed E-state index contributed by atoms with van der Waals surface area (Å²) in [5.41, 5.74) is 7.03. The average molecular weight is 236 g/mol. The van der Waals surface area contributed by atoms with Gasteiger partial charge in [-0.3, -0.25) is 9.59 Å². The predicted molar refractivity (Wildman–Crippen MR) is 64.6 cm³/mol. The molecule has 0 fully saturated rings. The number of ketones is 1. The van der Waals surface area contributed by atoms with E-state index in [1.165, 1.54) is 23.6 Å². The van der Waals surface area contributed by atoms with Gasteiger partial charge in [0.1, 0.15) is 5.78 Å². The molecule has 1 aromatic carbocycles. The zero-order valence-electron chi connectivity index (χ0n) is 8.90. The number of nitrogens with zero attached hydrogens (tertiary/aromatic N) is 1. The highest BCUT2D eigenvalue weighted by Crippen LogP contribution is 2.36. The van der Waals surface area contributed by atoms with E-state index in [-0.39, 0.29) is 18.2 Å². The van der Waals surface area contributed by atoms with Crippen molar-refractivity contribution in [3.05, 3.63) is 18.2 Å². The van der Waals surface area contributed by atoms with E-state index in [0.717, 1.165) is 10.6 Å². The lowest BCUT2D eigenvalue weighted by Crippen LogP contribution is -2.38. The summed E-state index contributed by atoms with van der Waals surface area (Å²) in [7, 11) is 0. The Morgan fingerprint density at radius 1 is 1.56 bits per heavy atom. The zero-order valence-corrected chi connectivity index (χ0v) is 9.71. The van der Waals surface area contributed by atoms with Crippen LogP contribution in [0, 0.1) is 0 Å². The molecule has 5 heteroatoms. The van der Waals surface area contributed by atoms with Crippen molar-refractivity contribution >= 4 is 34.8 Å². The number of carbonyl (C=O) groups is 2. The molecule has 1 aliphatic heterocycles. The first-order valence-corrected chi connectivity index (χ1v) is 5.88. The van der Waals surface area contributed by atoms with Crippen LogP contribution in [0.5, 0.6) is 0 Å². The summed E-state index contributed by atoms with van der Waals surface area (Å²) in [6, 6.07) is 5.42. The molecule has 1 aromatic rings. The number of hydrogen-bond donors (Lipinski definition) is 1. The number of amides is 1. The molecule has 16 heavy (non-hydrogen) atoms. The SMILES string of the molecule is CC(=O)CN1C(=O)CSc2ccc(N)cc21. The molecule has 0 aromatic heterocycles. The number of carbonyl (C=O) groups excluding carboxylic acids is 2. The summed E-state index contributed by atoms with van der Waals surface area (Å²) >= 11 is 1.48. The topological polar surface area (TPSA) is 63.4 Å². The fraction of sp³-hybridized carbons (Fsp3) is 0.273. The Hall–Kier alpha value is -1.49. The van der Waals surface area contributed by atoms with Crippen LogP contribution in [0.15, 0.2) is 23.1 Å². The average Bonchev–Trinajstić information content (AvgIpc) is 2.22. The molecule has 84 valence electrons. The molecule has 0 unspecified atom stereocenters. The maximum absolute atomic E-state index is 11.7. The van der Waals surface area contributed by atoms with Crippen LogP contribution >= 0.6 is 11.8 Å². The van der Waals surface area contributed by atoms with Crippen LogP contribution in [0.1, 0.15) is 6.92 Å². The summed E-state index contributed by atoms with van der Waals surface area (Å²) in [5.74, 6) is 0.302. The number of benzene rings is 1. The van der Waals surface area contributed by atoms with Crippen molar-refractivity contribution in [3.8, 4) is 0 Å². The Balaban J connectivity index is 2.42. The Morgan fingerprint density at radius 3 is 3.00 bits per heavy atom. The van der Waals surface area contributed by atoms with E-state index < -0.39 is 0 Å². The van der Waals surface area contributed by atoms with E-state index in [1.807, 2.05) is 6.07 Å². The summed E-state index contributed by atoms with van der Waals surface area (Å²) in [4.78, 5) is 25.3. The summed E-state index contributed by atoms with van der Waals surface area (Å²) in [5, 5.41) is 0. The molecule has 2 N–H and O–H groups in total. The molecule has 2 rings (SSSR count). The van der Waals surface area contributed by atoms with Gasteiger partial charge in [0.25, 0.3) is 0 Å². The summed E-state index contributed by atoms with van der Waals surface area (Å²) in [6.45, 7) is 1.59. The van der Waals surface area contributed by atoms with Crippen molar-refractivity contribution in [2.75, 3.05) is 22.9 Å². The van der Waals surface area contributed by atoms with Gasteiger partial charge in [0, 0.05) is 10.6 Å². The molecule has 0 bridgehead atoms. The van der Waals surface area contributed by atoms with Gasteiger partial charge in [0.15, 0.2) is 0 Å². The Morgan fingerprint density at radius 2 is 2.31 bits per heavy atom. The summed E-state index contributed by atoms with van der Waals surface area (Å²) < 4.78 is 0. The third-order valence-corrected chi connectivity index (χ3v) is 3.35. The molecule has 4 nitrogen and oxygen atoms in total. The first-order valence-electron chi connectivity index (χ1n) is 4.90. The number of fused-ring (bicyclic) bond motifs is 1. The van der Waals surface area contributed by atoms with E-state index in [9.17, 15) is 9.59 Å². The maximum Gasteiger partial charge on any atom is 0.237 e. The minimum absolute atomic E-state index is 0.0337. The number of thioether (sulfide) groups is 1. The monoisotopic (exact) mass is 236 g/mol. The van der Waals surface area contributed by atoms with Crippen molar-refractivity contribution in [2.45, 2.75) is 11.8 Å². The van der Waals surface area contributed by atoms with Crippen LogP contribution in [0.4, 0.5) is 11.4 Å². The number of nitrogen functional groups attached to an aromatic ring is 1. The second-order valence-electron chi connectivity index (χ2n) is 3.70. The lowest BCUT2D eigenvalue weighted by atomic mass is 10.2. The normalized spacial score (nSPS) is 14.8. The van der Waals surface area contributed by atoms with Gasteiger partial charge in [-0.1, -0.05) is 0 Å². The molecule has 0 spiro atoms. The fourth-order valence-corrected chi connectivity index (χ4v) is 2.53. The zero-order chi connectivity index (χ0) is 11.7. The van der Waals surface area contributed by atoms with Crippen LogP contribution in [0.3, 0.4) is 0 Å². The van der Waals surface area contributed by atoms with E-state index in [0.29, 0.717) is 11.4 Å². The van der Waals surface area contributed by atoms with Gasteiger partial charge < -0.3 is 10.6 Å². The van der Waals surface area contributed by atoms with E-state index in [2.05, 4.69) is 0 Å². The highest BCUT2D eigenvalue weighted by atomic mass is 32.2. The van der Waals surface area contributed by atoms with Crippen molar-refractivity contribution in [1.82, 2.24) is 0 Å². The maximum atomic E-state index is 11.7. The van der Waals surface area contributed by atoms with Crippen molar-refractivity contribution < 1.29 is 9.59 Å². The second-order valence-corrected chi connectivity index (χ2v) is 4.71. The minimum atomic E-state index is -0.0432. The first kappa shape index (κ1) is 11.0. The number of rotatable bonds is 2. The smallest absolute Gasteiger partial charge is 0.237 e. The van der Waals surface area contributed by atoms with Gasteiger partial charge in [-0.25, -0.2) is 0 Å². The van der Waals surface area contributed by atoms with Gasteiger partial charge in [-0.15, -0.1) is 11.8 Å². The molecular formula is C11H12N2O2S. The van der Waals surface area contributed by atoms with Crippen LogP contribution in [0.2, 0.25) is 0 Å². The largest absolute Gasteiger partial charge is 0.399 e. The minimum Gasteiger partial charge on any atom is -0.399 e. The van der Waals surface area contributed by atoms with Gasteiger partial charge in [-0.2, -0.15) is 0 Å². The van der Waals surface area contributed by atoms with E-state index >= 15 is 0 Å². The molecule has 0 radical (unpaired) electrons. The third kappa shape index (κ3) is 2.04. The van der Waals surface area contributed by atoms with Crippen LogP contribution in [0.25, 0.3) is 0 Å². The fourth-order valence-electron chi connectivity index (χ4n) is 1.62. The molecule has 1 aliphatic rings. The van der Waals surface area contributed by atoms with Gasteiger partial charge in [0.2, 0.25) is 5.91 Å². The van der Waals surface area contributed by atoms with Crippen molar-refractivity contribution in [3.63, 3.8) is 0 Å². The van der Waals surface area contributed by atoms with Crippen molar-refractivity contribution in [1.29, 1.82) is 0 Å². The lowest BCUT2D eigenvalue weighted by Gasteiger charge is -2.28. The Labute approximate surface area is 97.8 Å². The lowest BCUT2D eigenvalue weighted by molar-refractivity contribution is -0.120. The summed E-state index contributed by atoms with van der Waals surface area (Å²) in [6.07, 6.45) is 0. The van der Waals surface area contributed by atoms with Gasteiger partial charge in [-0.05, 0) is 25.1 Å². The first-order chi connectivity index (χ1) is 7.58.